The first-order valence-electron chi connectivity index (χ1n) is 10.1. The summed E-state index contributed by atoms with van der Waals surface area (Å²) in [6, 6.07) is 16.0. The zero-order chi connectivity index (χ0) is 20.1. The molecule has 1 fully saturated rings. The van der Waals surface area contributed by atoms with Gasteiger partial charge in [0.05, 0.1) is 17.6 Å². The van der Waals surface area contributed by atoms with E-state index in [9.17, 15) is 4.79 Å². The normalized spacial score (nSPS) is 16.8. The first-order chi connectivity index (χ1) is 13.6. The van der Waals surface area contributed by atoms with Crippen molar-refractivity contribution in [2.75, 3.05) is 6.54 Å². The van der Waals surface area contributed by atoms with Crippen LogP contribution in [0.1, 0.15) is 45.0 Å². The molecule has 1 unspecified atom stereocenters. The molecular weight excluding hydrogens is 370 g/mol. The number of halogens is 1. The standard InChI is InChI=1S/C21H22ClN3O.C2H6/c1-15-5-4-12-24(21(15)26)14-20-23-18-6-2-3-7-19(18)25(20)13-16-8-10-17(22)11-9-16;1-2/h2-3,6-11,15H,4-5,12-14H2,1H3;1-2H3. The van der Waals surface area contributed by atoms with Crippen molar-refractivity contribution in [2.24, 2.45) is 5.92 Å². The molecule has 0 aliphatic carbocycles. The fourth-order valence-electron chi connectivity index (χ4n) is 3.66. The molecule has 1 saturated heterocycles. The van der Waals surface area contributed by atoms with Crippen molar-refractivity contribution in [3.63, 3.8) is 0 Å². The maximum absolute atomic E-state index is 12.5. The average molecular weight is 398 g/mol. The van der Waals surface area contributed by atoms with Crippen LogP contribution in [0.4, 0.5) is 0 Å². The fourth-order valence-corrected chi connectivity index (χ4v) is 3.78. The summed E-state index contributed by atoms with van der Waals surface area (Å²) in [6.45, 7) is 8.11. The topological polar surface area (TPSA) is 38.1 Å². The van der Waals surface area contributed by atoms with Gasteiger partial charge in [-0.1, -0.05) is 56.6 Å². The van der Waals surface area contributed by atoms with Crippen molar-refractivity contribution in [3.8, 4) is 0 Å². The zero-order valence-electron chi connectivity index (χ0n) is 16.9. The van der Waals surface area contributed by atoms with E-state index in [0.717, 1.165) is 46.8 Å². The van der Waals surface area contributed by atoms with Crippen LogP contribution in [0.3, 0.4) is 0 Å². The molecule has 0 spiro atoms. The number of benzene rings is 2. The Hall–Kier alpha value is -2.33. The van der Waals surface area contributed by atoms with Crippen LogP contribution < -0.4 is 0 Å². The molecule has 2 heterocycles. The van der Waals surface area contributed by atoms with Crippen LogP contribution in [-0.2, 0) is 17.9 Å². The predicted octanol–water partition coefficient (Wildman–Crippen LogP) is 5.52. The first kappa shape index (κ1) is 20.4. The molecule has 0 N–H and O–H groups in total. The van der Waals surface area contributed by atoms with Crippen LogP contribution in [0.2, 0.25) is 5.02 Å². The largest absolute Gasteiger partial charge is 0.335 e. The fraction of sp³-hybridized carbons (Fsp3) is 0.391. The van der Waals surface area contributed by atoms with Gasteiger partial charge in [-0.25, -0.2) is 4.98 Å². The highest BCUT2D eigenvalue weighted by atomic mass is 35.5. The van der Waals surface area contributed by atoms with Crippen LogP contribution >= 0.6 is 11.6 Å². The lowest BCUT2D eigenvalue weighted by molar-refractivity contribution is -0.138. The Labute approximate surface area is 172 Å². The molecule has 0 bridgehead atoms. The lowest BCUT2D eigenvalue weighted by atomic mass is 9.99. The summed E-state index contributed by atoms with van der Waals surface area (Å²) >= 11 is 6.02. The number of imidazole rings is 1. The molecule has 3 aromatic rings. The van der Waals surface area contributed by atoms with E-state index >= 15 is 0 Å². The number of piperidine rings is 1. The van der Waals surface area contributed by atoms with Crippen LogP contribution in [0.5, 0.6) is 0 Å². The Morgan fingerprint density at radius 3 is 2.54 bits per heavy atom. The molecule has 1 aromatic heterocycles. The second-order valence-electron chi connectivity index (χ2n) is 7.03. The number of rotatable bonds is 4. The average Bonchev–Trinajstić information content (AvgIpc) is 3.06. The molecule has 148 valence electrons. The highest BCUT2D eigenvalue weighted by Crippen LogP contribution is 2.23. The van der Waals surface area contributed by atoms with Gasteiger partial charge in [0.15, 0.2) is 0 Å². The monoisotopic (exact) mass is 397 g/mol. The van der Waals surface area contributed by atoms with Gasteiger partial charge in [0.25, 0.3) is 0 Å². The Bertz CT molecular complexity index is 933. The molecular formula is C23H28ClN3O. The quantitative estimate of drug-likeness (QED) is 0.581. The van der Waals surface area contributed by atoms with Crippen LogP contribution in [0, 0.1) is 5.92 Å². The number of hydrogen-bond donors (Lipinski definition) is 0. The van der Waals surface area contributed by atoms with E-state index in [1.54, 1.807) is 0 Å². The number of likely N-dealkylation sites (tertiary alicyclic amines) is 1. The van der Waals surface area contributed by atoms with Crippen molar-refractivity contribution in [1.82, 2.24) is 14.5 Å². The van der Waals surface area contributed by atoms with E-state index < -0.39 is 0 Å². The number of hydrogen-bond acceptors (Lipinski definition) is 2. The lowest BCUT2D eigenvalue weighted by Crippen LogP contribution is -2.40. The van der Waals surface area contributed by atoms with Gasteiger partial charge >= 0.3 is 0 Å². The van der Waals surface area contributed by atoms with Gasteiger partial charge in [0, 0.05) is 24.0 Å². The highest BCUT2D eigenvalue weighted by molar-refractivity contribution is 6.30. The van der Waals surface area contributed by atoms with Crippen molar-refractivity contribution in [1.29, 1.82) is 0 Å². The number of para-hydroxylation sites is 2. The number of amides is 1. The van der Waals surface area contributed by atoms with Crippen molar-refractivity contribution in [2.45, 2.75) is 46.7 Å². The maximum atomic E-state index is 12.5. The van der Waals surface area contributed by atoms with E-state index in [4.69, 9.17) is 16.6 Å². The third-order valence-electron chi connectivity index (χ3n) is 5.12. The van der Waals surface area contributed by atoms with Crippen molar-refractivity contribution in [3.05, 3.63) is 64.9 Å². The van der Waals surface area contributed by atoms with Gasteiger partial charge in [0.1, 0.15) is 5.82 Å². The smallest absolute Gasteiger partial charge is 0.225 e. The molecule has 28 heavy (non-hydrogen) atoms. The molecule has 2 aromatic carbocycles. The van der Waals surface area contributed by atoms with Gasteiger partial charge in [0.2, 0.25) is 5.91 Å². The zero-order valence-corrected chi connectivity index (χ0v) is 17.6. The number of aromatic nitrogens is 2. The number of carbonyl (C=O) groups is 1. The Morgan fingerprint density at radius 2 is 1.79 bits per heavy atom. The molecule has 1 atom stereocenters. The van der Waals surface area contributed by atoms with E-state index in [1.807, 2.05) is 68.1 Å². The predicted molar refractivity (Wildman–Crippen MR) is 115 cm³/mol. The Kier molecular flexibility index (Phi) is 6.74. The molecule has 4 rings (SSSR count). The minimum atomic E-state index is 0.109. The summed E-state index contributed by atoms with van der Waals surface area (Å²) in [4.78, 5) is 19.3. The van der Waals surface area contributed by atoms with Crippen molar-refractivity contribution >= 4 is 28.5 Å². The van der Waals surface area contributed by atoms with E-state index in [0.29, 0.717) is 13.1 Å². The van der Waals surface area contributed by atoms with Crippen LogP contribution in [0.15, 0.2) is 48.5 Å². The summed E-state index contributed by atoms with van der Waals surface area (Å²) in [5, 5.41) is 0.734. The van der Waals surface area contributed by atoms with Gasteiger partial charge in [-0.15, -0.1) is 0 Å². The first-order valence-corrected chi connectivity index (χ1v) is 10.5. The van der Waals surface area contributed by atoms with E-state index in [-0.39, 0.29) is 11.8 Å². The number of nitrogens with zero attached hydrogens (tertiary/aromatic N) is 3. The SMILES string of the molecule is CC.CC1CCCN(Cc2nc3ccccc3n2Cc2ccc(Cl)cc2)C1=O. The molecule has 1 aliphatic rings. The molecule has 1 amide bonds. The van der Waals surface area contributed by atoms with Crippen molar-refractivity contribution < 1.29 is 4.79 Å². The second kappa shape index (κ2) is 9.24. The second-order valence-corrected chi connectivity index (χ2v) is 7.47. The Morgan fingerprint density at radius 1 is 1.07 bits per heavy atom. The van der Waals surface area contributed by atoms with Gasteiger partial charge in [-0.05, 0) is 42.7 Å². The summed E-state index contributed by atoms with van der Waals surface area (Å²) in [6.07, 6.45) is 2.04. The van der Waals surface area contributed by atoms with Crippen LogP contribution in [-0.4, -0.2) is 26.9 Å². The minimum absolute atomic E-state index is 0.109. The summed E-state index contributed by atoms with van der Waals surface area (Å²) in [5.41, 5.74) is 3.22. The van der Waals surface area contributed by atoms with E-state index in [1.165, 1.54) is 0 Å². The van der Waals surface area contributed by atoms with Crippen LogP contribution in [0.25, 0.3) is 11.0 Å². The summed E-state index contributed by atoms with van der Waals surface area (Å²) in [5.74, 6) is 1.28. The summed E-state index contributed by atoms with van der Waals surface area (Å²) in [7, 11) is 0. The summed E-state index contributed by atoms with van der Waals surface area (Å²) < 4.78 is 2.21. The molecule has 1 aliphatic heterocycles. The minimum Gasteiger partial charge on any atom is -0.335 e. The Balaban J connectivity index is 0.00000109. The number of carbonyl (C=O) groups excluding carboxylic acids is 1. The molecule has 4 nitrogen and oxygen atoms in total. The third-order valence-corrected chi connectivity index (χ3v) is 5.37. The molecule has 0 saturated carbocycles. The van der Waals surface area contributed by atoms with Gasteiger partial charge < -0.3 is 9.47 Å². The number of fused-ring (bicyclic) bond motifs is 1. The van der Waals surface area contributed by atoms with Gasteiger partial charge in [-0.3, -0.25) is 4.79 Å². The molecule has 5 heteroatoms. The lowest BCUT2D eigenvalue weighted by Gasteiger charge is -2.30. The third kappa shape index (κ3) is 4.39. The highest BCUT2D eigenvalue weighted by Gasteiger charge is 2.26. The molecule has 0 radical (unpaired) electrons. The maximum Gasteiger partial charge on any atom is 0.225 e. The van der Waals surface area contributed by atoms with Gasteiger partial charge in [-0.2, -0.15) is 0 Å². The van der Waals surface area contributed by atoms with E-state index in [2.05, 4.69) is 10.6 Å².